The van der Waals surface area contributed by atoms with Crippen molar-refractivity contribution in [3.05, 3.63) is 88.9 Å². The SMILES string of the molecule is Cc1ccc(S(=O)(=O)NCc2ccco2)cc1C(=O)NCc1ccccc1CN(C)C. The molecule has 0 spiro atoms. The molecule has 0 aliphatic rings. The maximum Gasteiger partial charge on any atom is 0.251 e. The summed E-state index contributed by atoms with van der Waals surface area (Å²) in [5.74, 6) is 0.185. The Morgan fingerprint density at radius 2 is 1.74 bits per heavy atom. The molecule has 0 atom stereocenters. The van der Waals surface area contributed by atoms with Crippen molar-refractivity contribution in [2.75, 3.05) is 14.1 Å². The van der Waals surface area contributed by atoms with E-state index >= 15 is 0 Å². The predicted octanol–water partition coefficient (Wildman–Crippen LogP) is 3.06. The molecule has 0 saturated carbocycles. The number of hydrogen-bond donors (Lipinski definition) is 2. The van der Waals surface area contributed by atoms with Crippen molar-refractivity contribution in [2.45, 2.75) is 31.5 Å². The van der Waals surface area contributed by atoms with Crippen molar-refractivity contribution in [1.82, 2.24) is 14.9 Å². The zero-order valence-electron chi connectivity index (χ0n) is 17.9. The van der Waals surface area contributed by atoms with Gasteiger partial charge in [0.2, 0.25) is 10.0 Å². The summed E-state index contributed by atoms with van der Waals surface area (Å²) in [5.41, 5.74) is 3.17. The second-order valence-electron chi connectivity index (χ2n) is 7.57. The first-order valence-electron chi connectivity index (χ1n) is 9.88. The van der Waals surface area contributed by atoms with Gasteiger partial charge in [-0.3, -0.25) is 4.79 Å². The highest BCUT2D eigenvalue weighted by atomic mass is 32.2. The van der Waals surface area contributed by atoms with Crippen molar-refractivity contribution < 1.29 is 17.6 Å². The Hall–Kier alpha value is -2.94. The van der Waals surface area contributed by atoms with Crippen LogP contribution in [-0.2, 0) is 29.7 Å². The van der Waals surface area contributed by atoms with Gasteiger partial charge in [0.25, 0.3) is 5.91 Å². The Balaban J connectivity index is 1.73. The van der Waals surface area contributed by atoms with Gasteiger partial charge in [-0.1, -0.05) is 30.3 Å². The smallest absolute Gasteiger partial charge is 0.251 e. The molecule has 1 amide bonds. The molecule has 8 heteroatoms. The fourth-order valence-corrected chi connectivity index (χ4v) is 4.19. The van der Waals surface area contributed by atoms with Crippen molar-refractivity contribution in [1.29, 1.82) is 0 Å². The number of aryl methyl sites for hydroxylation is 1. The van der Waals surface area contributed by atoms with E-state index in [2.05, 4.69) is 14.9 Å². The molecule has 164 valence electrons. The summed E-state index contributed by atoms with van der Waals surface area (Å²) in [4.78, 5) is 14.9. The lowest BCUT2D eigenvalue weighted by molar-refractivity contribution is 0.0950. The molecule has 31 heavy (non-hydrogen) atoms. The fraction of sp³-hybridized carbons (Fsp3) is 0.261. The summed E-state index contributed by atoms with van der Waals surface area (Å²) in [5, 5.41) is 2.92. The number of furan rings is 1. The minimum absolute atomic E-state index is 0.0304. The minimum atomic E-state index is -3.79. The molecule has 0 aliphatic carbocycles. The van der Waals surface area contributed by atoms with Gasteiger partial charge in [-0.25, -0.2) is 13.1 Å². The molecule has 2 N–H and O–H groups in total. The van der Waals surface area contributed by atoms with Crippen LogP contribution in [0.15, 0.2) is 70.2 Å². The normalized spacial score (nSPS) is 11.6. The molecule has 1 aromatic heterocycles. The Labute approximate surface area is 183 Å². The van der Waals surface area contributed by atoms with Crippen molar-refractivity contribution in [3.63, 3.8) is 0 Å². The van der Waals surface area contributed by atoms with Crippen LogP contribution >= 0.6 is 0 Å². The topological polar surface area (TPSA) is 91.6 Å². The number of carbonyl (C=O) groups excluding carboxylic acids is 1. The lowest BCUT2D eigenvalue weighted by Crippen LogP contribution is -2.26. The van der Waals surface area contributed by atoms with Gasteiger partial charge in [0.1, 0.15) is 5.76 Å². The summed E-state index contributed by atoms with van der Waals surface area (Å²) in [6.45, 7) is 2.94. The molecule has 0 fully saturated rings. The zero-order chi connectivity index (χ0) is 22.4. The van der Waals surface area contributed by atoms with E-state index in [-0.39, 0.29) is 17.3 Å². The van der Waals surface area contributed by atoms with Gasteiger partial charge in [0.15, 0.2) is 0 Å². The maximum atomic E-state index is 12.8. The standard InChI is InChI=1S/C23H27N3O4S/c1-17-10-11-21(31(28,29)25-15-20-9-6-12-30-20)13-22(17)23(27)24-14-18-7-4-5-8-19(18)16-26(2)3/h4-13,25H,14-16H2,1-3H3,(H,24,27). The van der Waals surface area contributed by atoms with Gasteiger partial charge < -0.3 is 14.6 Å². The van der Waals surface area contributed by atoms with E-state index in [9.17, 15) is 13.2 Å². The van der Waals surface area contributed by atoms with Gasteiger partial charge >= 0.3 is 0 Å². The third-order valence-corrected chi connectivity index (χ3v) is 6.22. The first-order valence-corrected chi connectivity index (χ1v) is 11.4. The van der Waals surface area contributed by atoms with Crippen LogP contribution in [0.1, 0.15) is 32.8 Å². The monoisotopic (exact) mass is 441 g/mol. The Morgan fingerprint density at radius 3 is 2.42 bits per heavy atom. The number of benzene rings is 2. The second kappa shape index (κ2) is 9.91. The number of nitrogens with zero attached hydrogens (tertiary/aromatic N) is 1. The van der Waals surface area contributed by atoms with Crippen LogP contribution in [0, 0.1) is 6.92 Å². The molecule has 3 rings (SSSR count). The van der Waals surface area contributed by atoms with E-state index in [0.29, 0.717) is 23.4 Å². The summed E-state index contributed by atoms with van der Waals surface area (Å²) in [6, 6.07) is 15.8. The highest BCUT2D eigenvalue weighted by molar-refractivity contribution is 7.89. The highest BCUT2D eigenvalue weighted by Gasteiger charge is 2.18. The van der Waals surface area contributed by atoms with Crippen LogP contribution in [-0.4, -0.2) is 33.3 Å². The van der Waals surface area contributed by atoms with Crippen LogP contribution < -0.4 is 10.0 Å². The largest absolute Gasteiger partial charge is 0.468 e. The van der Waals surface area contributed by atoms with Crippen molar-refractivity contribution in [2.24, 2.45) is 0 Å². The number of rotatable bonds is 9. The number of sulfonamides is 1. The molecule has 7 nitrogen and oxygen atoms in total. The molecule has 0 radical (unpaired) electrons. The first-order chi connectivity index (χ1) is 14.8. The van der Waals surface area contributed by atoms with Gasteiger partial charge in [-0.2, -0.15) is 0 Å². The van der Waals surface area contributed by atoms with E-state index in [1.54, 1.807) is 25.1 Å². The van der Waals surface area contributed by atoms with Crippen LogP contribution in [0.25, 0.3) is 0 Å². The molecule has 0 saturated heterocycles. The molecule has 3 aromatic rings. The third kappa shape index (κ3) is 6.04. The van der Waals surface area contributed by atoms with Gasteiger partial charge in [-0.05, 0) is 62.0 Å². The number of carbonyl (C=O) groups is 1. The summed E-state index contributed by atoms with van der Waals surface area (Å²) in [7, 11) is 0.189. The molecular formula is C23H27N3O4S. The Kier molecular flexibility index (Phi) is 7.27. The van der Waals surface area contributed by atoms with Crippen LogP contribution in [0.3, 0.4) is 0 Å². The highest BCUT2D eigenvalue weighted by Crippen LogP contribution is 2.17. The van der Waals surface area contributed by atoms with E-state index < -0.39 is 10.0 Å². The van der Waals surface area contributed by atoms with Gasteiger partial charge in [0.05, 0.1) is 17.7 Å². The molecule has 2 aromatic carbocycles. The zero-order valence-corrected chi connectivity index (χ0v) is 18.7. The van der Waals surface area contributed by atoms with Gasteiger partial charge in [0, 0.05) is 18.7 Å². The van der Waals surface area contributed by atoms with Gasteiger partial charge in [-0.15, -0.1) is 0 Å². The summed E-state index contributed by atoms with van der Waals surface area (Å²) >= 11 is 0. The lowest BCUT2D eigenvalue weighted by Gasteiger charge is -2.15. The Morgan fingerprint density at radius 1 is 1.00 bits per heavy atom. The third-order valence-electron chi connectivity index (χ3n) is 4.82. The lowest BCUT2D eigenvalue weighted by atomic mass is 10.1. The second-order valence-corrected chi connectivity index (χ2v) is 9.34. The maximum absolute atomic E-state index is 12.8. The fourth-order valence-electron chi connectivity index (χ4n) is 3.17. The van der Waals surface area contributed by atoms with Crippen LogP contribution in [0.2, 0.25) is 0 Å². The minimum Gasteiger partial charge on any atom is -0.468 e. The molecule has 0 bridgehead atoms. The van der Waals surface area contributed by atoms with Crippen molar-refractivity contribution in [3.8, 4) is 0 Å². The summed E-state index contributed by atoms with van der Waals surface area (Å²) < 4.78 is 33.0. The van der Waals surface area contributed by atoms with Crippen molar-refractivity contribution >= 4 is 15.9 Å². The Bertz CT molecular complexity index is 1140. The molecule has 0 aliphatic heterocycles. The van der Waals surface area contributed by atoms with E-state index in [1.807, 2.05) is 38.4 Å². The number of hydrogen-bond acceptors (Lipinski definition) is 5. The molecule has 0 unspecified atom stereocenters. The predicted molar refractivity (Wildman–Crippen MR) is 119 cm³/mol. The van der Waals surface area contributed by atoms with Crippen LogP contribution in [0.4, 0.5) is 0 Å². The molecule has 1 heterocycles. The first kappa shape index (κ1) is 22.7. The van der Waals surface area contributed by atoms with Crippen LogP contribution in [0.5, 0.6) is 0 Å². The average Bonchev–Trinajstić information content (AvgIpc) is 3.25. The quantitative estimate of drug-likeness (QED) is 0.533. The number of nitrogens with one attached hydrogen (secondary N) is 2. The molecular weight excluding hydrogens is 414 g/mol. The summed E-state index contributed by atoms with van der Waals surface area (Å²) in [6.07, 6.45) is 1.48. The average molecular weight is 442 g/mol. The van der Waals surface area contributed by atoms with E-state index in [0.717, 1.165) is 17.7 Å². The number of amides is 1. The van der Waals surface area contributed by atoms with E-state index in [1.165, 1.54) is 18.4 Å². The van der Waals surface area contributed by atoms with E-state index in [4.69, 9.17) is 4.42 Å².